The van der Waals surface area contributed by atoms with Crippen LogP contribution in [0.3, 0.4) is 0 Å². The second-order valence-electron chi connectivity index (χ2n) is 6.82. The number of nitrogens with zero attached hydrogens (tertiary/aromatic N) is 2. The number of para-hydroxylation sites is 1. The van der Waals surface area contributed by atoms with E-state index < -0.39 is 0 Å². The van der Waals surface area contributed by atoms with Crippen molar-refractivity contribution in [1.29, 1.82) is 0 Å². The summed E-state index contributed by atoms with van der Waals surface area (Å²) in [5, 5.41) is 13.5. The summed E-state index contributed by atoms with van der Waals surface area (Å²) >= 11 is 0. The van der Waals surface area contributed by atoms with Crippen LogP contribution in [0.2, 0.25) is 0 Å². The van der Waals surface area contributed by atoms with Crippen LogP contribution in [0.1, 0.15) is 25.1 Å². The van der Waals surface area contributed by atoms with Crippen LogP contribution in [-0.4, -0.2) is 35.6 Å². The monoisotopic (exact) mass is 338 g/mol. The van der Waals surface area contributed by atoms with Crippen molar-refractivity contribution in [2.45, 2.75) is 25.8 Å². The highest BCUT2D eigenvalue weighted by Gasteiger charge is 2.31. The van der Waals surface area contributed by atoms with Crippen molar-refractivity contribution in [3.63, 3.8) is 0 Å². The number of aromatic nitrogens is 3. The number of nitrogens with one attached hydrogen (secondary N) is 2. The molecule has 1 aliphatic rings. The minimum atomic E-state index is -0.0990. The average Bonchev–Trinajstić information content (AvgIpc) is 2.99. The van der Waals surface area contributed by atoms with Crippen LogP contribution in [0.25, 0.3) is 22.3 Å². The molecule has 3 aromatic rings. The van der Waals surface area contributed by atoms with E-state index in [0.717, 1.165) is 41.0 Å². The van der Waals surface area contributed by atoms with Gasteiger partial charge in [0, 0.05) is 47.8 Å². The van der Waals surface area contributed by atoms with E-state index in [2.05, 4.69) is 40.4 Å². The normalized spacial score (nSPS) is 16.0. The molecule has 3 heterocycles. The van der Waals surface area contributed by atoms with Gasteiger partial charge >= 0.3 is 0 Å². The van der Waals surface area contributed by atoms with E-state index >= 15 is 0 Å². The van der Waals surface area contributed by atoms with Crippen molar-refractivity contribution in [2.75, 3.05) is 20.4 Å². The standard InChI is InChI=1S/C19H22N4O2/c1-19(2)17-13-10-15(12-6-4-5-7-16(12)25-11-24-3)22-23-18(13)21-14(17)8-9-20-19/h4-7,10,20H,8-9,11H2,1-3H3,(H,21,23). The molecule has 0 unspecified atom stereocenters. The molecular formula is C19H22N4O2. The third-order valence-corrected chi connectivity index (χ3v) is 4.70. The molecule has 0 amide bonds. The summed E-state index contributed by atoms with van der Waals surface area (Å²) in [7, 11) is 1.61. The van der Waals surface area contributed by atoms with Crippen LogP contribution < -0.4 is 10.1 Å². The minimum absolute atomic E-state index is 0.0990. The maximum Gasteiger partial charge on any atom is 0.188 e. The lowest BCUT2D eigenvalue weighted by atomic mass is 9.87. The van der Waals surface area contributed by atoms with E-state index in [9.17, 15) is 0 Å². The molecule has 6 nitrogen and oxygen atoms in total. The van der Waals surface area contributed by atoms with Gasteiger partial charge in [-0.05, 0) is 32.0 Å². The predicted molar refractivity (Wildman–Crippen MR) is 96.6 cm³/mol. The van der Waals surface area contributed by atoms with Gasteiger partial charge < -0.3 is 19.8 Å². The van der Waals surface area contributed by atoms with Crippen LogP contribution in [0.15, 0.2) is 30.3 Å². The lowest BCUT2D eigenvalue weighted by molar-refractivity contribution is 0.0515. The minimum Gasteiger partial charge on any atom is -0.467 e. The van der Waals surface area contributed by atoms with Gasteiger partial charge in [0.2, 0.25) is 0 Å². The first kappa shape index (κ1) is 16.1. The van der Waals surface area contributed by atoms with Crippen LogP contribution >= 0.6 is 0 Å². The Hall–Kier alpha value is -2.44. The maximum atomic E-state index is 5.68. The van der Waals surface area contributed by atoms with Gasteiger partial charge in [-0.15, -0.1) is 10.2 Å². The number of methoxy groups -OCH3 is 1. The summed E-state index contributed by atoms with van der Waals surface area (Å²) in [5.41, 5.74) is 4.96. The molecule has 0 spiro atoms. The van der Waals surface area contributed by atoms with Gasteiger partial charge in [0.25, 0.3) is 0 Å². The second-order valence-corrected chi connectivity index (χ2v) is 6.82. The van der Waals surface area contributed by atoms with E-state index in [1.54, 1.807) is 7.11 Å². The smallest absolute Gasteiger partial charge is 0.188 e. The largest absolute Gasteiger partial charge is 0.467 e. The number of H-pyrrole nitrogens is 1. The Kier molecular flexibility index (Phi) is 3.94. The summed E-state index contributed by atoms with van der Waals surface area (Å²) in [5.74, 6) is 0.736. The Morgan fingerprint density at radius 2 is 2.04 bits per heavy atom. The topological polar surface area (TPSA) is 72.1 Å². The van der Waals surface area contributed by atoms with Crippen LogP contribution in [0, 0.1) is 0 Å². The highest BCUT2D eigenvalue weighted by Crippen LogP contribution is 2.36. The number of rotatable bonds is 4. The summed E-state index contributed by atoms with van der Waals surface area (Å²) < 4.78 is 10.7. The van der Waals surface area contributed by atoms with E-state index in [-0.39, 0.29) is 12.3 Å². The number of fused-ring (bicyclic) bond motifs is 3. The van der Waals surface area contributed by atoms with E-state index in [4.69, 9.17) is 9.47 Å². The fourth-order valence-electron chi connectivity index (χ4n) is 3.59. The molecular weight excluding hydrogens is 316 g/mol. The molecule has 130 valence electrons. The van der Waals surface area contributed by atoms with Crippen molar-refractivity contribution < 1.29 is 9.47 Å². The molecule has 0 aliphatic carbocycles. The van der Waals surface area contributed by atoms with Crippen LogP contribution in [0.5, 0.6) is 5.75 Å². The zero-order chi connectivity index (χ0) is 17.4. The molecule has 0 fully saturated rings. The molecule has 0 radical (unpaired) electrons. The zero-order valence-electron chi connectivity index (χ0n) is 14.7. The van der Waals surface area contributed by atoms with Gasteiger partial charge in [-0.25, -0.2) is 0 Å². The highest BCUT2D eigenvalue weighted by atomic mass is 16.7. The number of aromatic amines is 1. The zero-order valence-corrected chi connectivity index (χ0v) is 14.7. The van der Waals surface area contributed by atoms with Crippen molar-refractivity contribution in [3.8, 4) is 17.0 Å². The van der Waals surface area contributed by atoms with Gasteiger partial charge in [-0.2, -0.15) is 0 Å². The van der Waals surface area contributed by atoms with Gasteiger partial charge in [-0.1, -0.05) is 12.1 Å². The molecule has 1 aliphatic heterocycles. The average molecular weight is 338 g/mol. The van der Waals surface area contributed by atoms with Crippen molar-refractivity contribution >= 4 is 11.0 Å². The summed E-state index contributed by atoms with van der Waals surface area (Å²) in [6, 6.07) is 9.91. The Balaban J connectivity index is 1.85. The molecule has 2 aromatic heterocycles. The van der Waals surface area contributed by atoms with Crippen molar-refractivity contribution in [1.82, 2.24) is 20.5 Å². The van der Waals surface area contributed by atoms with Crippen molar-refractivity contribution in [2.24, 2.45) is 0 Å². The summed E-state index contributed by atoms with van der Waals surface area (Å²) in [4.78, 5) is 3.43. The lowest BCUT2D eigenvalue weighted by Gasteiger charge is -2.32. The third-order valence-electron chi connectivity index (χ3n) is 4.70. The predicted octanol–water partition coefficient (Wildman–Crippen LogP) is 2.99. The van der Waals surface area contributed by atoms with Gasteiger partial charge in [0.15, 0.2) is 12.4 Å². The first-order valence-electron chi connectivity index (χ1n) is 8.45. The Bertz CT molecular complexity index is 917. The maximum absolute atomic E-state index is 5.68. The lowest BCUT2D eigenvalue weighted by Crippen LogP contribution is -2.42. The number of ether oxygens (including phenoxy) is 2. The fourth-order valence-corrected chi connectivity index (χ4v) is 3.59. The number of hydrogen-bond donors (Lipinski definition) is 2. The van der Waals surface area contributed by atoms with E-state index in [1.165, 1.54) is 11.3 Å². The highest BCUT2D eigenvalue weighted by molar-refractivity contribution is 5.86. The molecule has 0 bridgehead atoms. The number of benzene rings is 1. The third kappa shape index (κ3) is 2.77. The number of hydrogen-bond acceptors (Lipinski definition) is 5. The Morgan fingerprint density at radius 1 is 1.20 bits per heavy atom. The van der Waals surface area contributed by atoms with E-state index in [0.29, 0.717) is 0 Å². The molecule has 0 saturated carbocycles. The molecule has 0 atom stereocenters. The molecule has 4 rings (SSSR count). The van der Waals surface area contributed by atoms with Crippen LogP contribution in [-0.2, 0) is 16.7 Å². The first-order valence-corrected chi connectivity index (χ1v) is 8.45. The fraction of sp³-hybridized carbons (Fsp3) is 0.368. The molecule has 25 heavy (non-hydrogen) atoms. The van der Waals surface area contributed by atoms with E-state index in [1.807, 2.05) is 24.3 Å². The van der Waals surface area contributed by atoms with Gasteiger partial charge in [-0.3, -0.25) is 0 Å². The molecule has 0 saturated heterocycles. The quantitative estimate of drug-likeness (QED) is 0.716. The SMILES string of the molecule is COCOc1ccccc1-c1cc2c3c([nH]c2nn1)CCNC3(C)C. The first-order chi connectivity index (χ1) is 12.1. The molecule has 6 heteroatoms. The Labute approximate surface area is 146 Å². The van der Waals surface area contributed by atoms with Gasteiger partial charge in [0.05, 0.1) is 5.69 Å². The summed E-state index contributed by atoms with van der Waals surface area (Å²) in [6.45, 7) is 5.56. The van der Waals surface area contributed by atoms with Gasteiger partial charge in [0.1, 0.15) is 5.75 Å². The molecule has 1 aromatic carbocycles. The van der Waals surface area contributed by atoms with Crippen LogP contribution in [0.4, 0.5) is 0 Å². The second kappa shape index (κ2) is 6.13. The molecule has 2 N–H and O–H groups in total. The summed E-state index contributed by atoms with van der Waals surface area (Å²) in [6.07, 6.45) is 0.970. The Morgan fingerprint density at radius 3 is 2.88 bits per heavy atom. The van der Waals surface area contributed by atoms with Crippen molar-refractivity contribution in [3.05, 3.63) is 41.6 Å².